The molecular weight excluding hydrogens is 403 g/mol. The van der Waals surface area contributed by atoms with Crippen molar-refractivity contribution in [2.45, 2.75) is 46.0 Å². The van der Waals surface area contributed by atoms with Crippen LogP contribution >= 0.6 is 24.0 Å². The molecule has 0 atom stereocenters. The summed E-state index contributed by atoms with van der Waals surface area (Å²) in [4.78, 5) is 6.79. The first-order valence-corrected chi connectivity index (χ1v) is 8.85. The predicted octanol–water partition coefficient (Wildman–Crippen LogP) is 2.71. The minimum atomic E-state index is 0. The standard InChI is InChI=1S/C17H36N4O.HI/c1-5-21(6-2)13-8-12-19-16(18-3)20-15-17(9-7-10-17)11-14-22-4;/h5-15H2,1-4H3,(H2,18,19,20);1H. The van der Waals surface area contributed by atoms with E-state index in [0.717, 1.165) is 58.1 Å². The van der Waals surface area contributed by atoms with E-state index >= 15 is 0 Å². The quantitative estimate of drug-likeness (QED) is 0.225. The monoisotopic (exact) mass is 440 g/mol. The van der Waals surface area contributed by atoms with E-state index in [4.69, 9.17) is 4.74 Å². The van der Waals surface area contributed by atoms with E-state index in [0.29, 0.717) is 5.41 Å². The molecule has 0 heterocycles. The molecule has 1 rings (SSSR count). The fourth-order valence-corrected chi connectivity index (χ4v) is 3.05. The van der Waals surface area contributed by atoms with Gasteiger partial charge in [0.05, 0.1) is 0 Å². The lowest BCUT2D eigenvalue weighted by Crippen LogP contribution is -2.47. The van der Waals surface area contributed by atoms with Gasteiger partial charge in [-0.05, 0) is 50.7 Å². The number of hydrogen-bond acceptors (Lipinski definition) is 3. The predicted molar refractivity (Wildman–Crippen MR) is 110 cm³/mol. The number of nitrogens with zero attached hydrogens (tertiary/aromatic N) is 2. The third-order valence-corrected chi connectivity index (χ3v) is 4.94. The van der Waals surface area contributed by atoms with E-state index < -0.39 is 0 Å². The molecule has 0 amide bonds. The molecule has 1 fully saturated rings. The number of nitrogens with one attached hydrogen (secondary N) is 2. The van der Waals surface area contributed by atoms with Gasteiger partial charge in [-0.25, -0.2) is 0 Å². The Bertz CT molecular complexity index is 318. The number of methoxy groups -OCH3 is 1. The molecule has 0 radical (unpaired) electrons. The second-order valence-electron chi connectivity index (χ2n) is 6.33. The summed E-state index contributed by atoms with van der Waals surface area (Å²) >= 11 is 0. The van der Waals surface area contributed by atoms with Gasteiger partial charge in [-0.15, -0.1) is 24.0 Å². The summed E-state index contributed by atoms with van der Waals surface area (Å²) < 4.78 is 5.25. The average molecular weight is 440 g/mol. The Morgan fingerprint density at radius 2 is 1.91 bits per heavy atom. The Morgan fingerprint density at radius 3 is 2.39 bits per heavy atom. The van der Waals surface area contributed by atoms with Crippen molar-refractivity contribution in [2.75, 3.05) is 53.5 Å². The molecule has 1 aliphatic rings. The van der Waals surface area contributed by atoms with Gasteiger partial charge >= 0.3 is 0 Å². The van der Waals surface area contributed by atoms with Crippen molar-refractivity contribution < 1.29 is 4.74 Å². The van der Waals surface area contributed by atoms with Gasteiger partial charge < -0.3 is 20.3 Å². The molecule has 2 N–H and O–H groups in total. The van der Waals surface area contributed by atoms with Crippen molar-refractivity contribution in [3.63, 3.8) is 0 Å². The van der Waals surface area contributed by atoms with Crippen molar-refractivity contribution in [1.82, 2.24) is 15.5 Å². The lowest BCUT2D eigenvalue weighted by atomic mass is 9.67. The minimum Gasteiger partial charge on any atom is -0.385 e. The average Bonchev–Trinajstić information content (AvgIpc) is 2.51. The second kappa shape index (κ2) is 13.2. The van der Waals surface area contributed by atoms with Crippen LogP contribution in [-0.4, -0.2) is 64.3 Å². The Morgan fingerprint density at radius 1 is 1.22 bits per heavy atom. The summed E-state index contributed by atoms with van der Waals surface area (Å²) in [5, 5.41) is 6.94. The Balaban J connectivity index is 0.00000484. The fraction of sp³-hybridized carbons (Fsp3) is 0.941. The molecule has 23 heavy (non-hydrogen) atoms. The number of aliphatic imine (C=N–C) groups is 1. The van der Waals surface area contributed by atoms with Crippen molar-refractivity contribution >= 4 is 29.9 Å². The van der Waals surface area contributed by atoms with Gasteiger partial charge in [-0.1, -0.05) is 20.3 Å². The van der Waals surface area contributed by atoms with Crippen LogP contribution in [0.25, 0.3) is 0 Å². The van der Waals surface area contributed by atoms with Gasteiger partial charge in [0.1, 0.15) is 0 Å². The van der Waals surface area contributed by atoms with Gasteiger partial charge in [0.15, 0.2) is 5.96 Å². The first kappa shape index (κ1) is 22.9. The van der Waals surface area contributed by atoms with E-state index in [1.165, 1.54) is 19.3 Å². The molecule has 0 spiro atoms. The molecule has 0 bridgehead atoms. The molecule has 6 heteroatoms. The SMILES string of the molecule is CCN(CC)CCCNC(=NC)NCC1(CCOC)CCC1.I. The summed E-state index contributed by atoms with van der Waals surface area (Å²) in [6.07, 6.45) is 6.26. The van der Waals surface area contributed by atoms with Crippen LogP contribution in [0.4, 0.5) is 0 Å². The van der Waals surface area contributed by atoms with Crippen LogP contribution in [0.2, 0.25) is 0 Å². The van der Waals surface area contributed by atoms with Crippen molar-refractivity contribution in [2.24, 2.45) is 10.4 Å². The van der Waals surface area contributed by atoms with Crippen LogP contribution < -0.4 is 10.6 Å². The molecule has 0 aromatic rings. The zero-order valence-corrected chi connectivity index (χ0v) is 17.8. The first-order chi connectivity index (χ1) is 10.7. The summed E-state index contributed by atoms with van der Waals surface area (Å²) in [7, 11) is 3.64. The zero-order chi connectivity index (χ0) is 16.3. The summed E-state index contributed by atoms with van der Waals surface area (Å²) in [6, 6.07) is 0. The third kappa shape index (κ3) is 8.54. The maximum absolute atomic E-state index is 5.25. The number of halogens is 1. The number of guanidine groups is 1. The van der Waals surface area contributed by atoms with Gasteiger partial charge in [-0.2, -0.15) is 0 Å². The molecular formula is C17H37IN4O. The molecule has 0 aliphatic heterocycles. The van der Waals surface area contributed by atoms with Crippen LogP contribution in [0, 0.1) is 5.41 Å². The van der Waals surface area contributed by atoms with Crippen LogP contribution in [0.5, 0.6) is 0 Å². The molecule has 0 saturated heterocycles. The van der Waals surface area contributed by atoms with E-state index in [2.05, 4.69) is 34.4 Å². The van der Waals surface area contributed by atoms with E-state index in [9.17, 15) is 0 Å². The lowest BCUT2D eigenvalue weighted by Gasteiger charge is -2.42. The normalized spacial score (nSPS) is 16.7. The molecule has 1 saturated carbocycles. The van der Waals surface area contributed by atoms with Gasteiger partial charge in [0.25, 0.3) is 0 Å². The summed E-state index contributed by atoms with van der Waals surface area (Å²) in [6.45, 7) is 10.7. The molecule has 0 aromatic heterocycles. The van der Waals surface area contributed by atoms with Crippen LogP contribution in [0.15, 0.2) is 4.99 Å². The second-order valence-corrected chi connectivity index (χ2v) is 6.33. The molecule has 5 nitrogen and oxygen atoms in total. The maximum Gasteiger partial charge on any atom is 0.190 e. The molecule has 0 unspecified atom stereocenters. The van der Waals surface area contributed by atoms with Gasteiger partial charge in [0, 0.05) is 33.9 Å². The van der Waals surface area contributed by atoms with Crippen LogP contribution in [0.1, 0.15) is 46.0 Å². The molecule has 1 aliphatic carbocycles. The topological polar surface area (TPSA) is 48.9 Å². The van der Waals surface area contributed by atoms with Crippen LogP contribution in [-0.2, 0) is 4.74 Å². The van der Waals surface area contributed by atoms with Crippen molar-refractivity contribution in [1.29, 1.82) is 0 Å². The first-order valence-electron chi connectivity index (χ1n) is 8.85. The third-order valence-electron chi connectivity index (χ3n) is 4.94. The molecule has 138 valence electrons. The van der Waals surface area contributed by atoms with Gasteiger partial charge in [0.2, 0.25) is 0 Å². The number of hydrogen-bond donors (Lipinski definition) is 2. The highest BCUT2D eigenvalue weighted by Gasteiger charge is 2.36. The van der Waals surface area contributed by atoms with Crippen molar-refractivity contribution in [3.8, 4) is 0 Å². The van der Waals surface area contributed by atoms with E-state index in [1.54, 1.807) is 7.11 Å². The van der Waals surface area contributed by atoms with E-state index in [-0.39, 0.29) is 24.0 Å². The highest BCUT2D eigenvalue weighted by Crippen LogP contribution is 2.43. The number of rotatable bonds is 11. The van der Waals surface area contributed by atoms with Gasteiger partial charge in [-0.3, -0.25) is 4.99 Å². The summed E-state index contributed by atoms with van der Waals surface area (Å²) in [5.41, 5.74) is 0.425. The minimum absolute atomic E-state index is 0. The number of ether oxygens (including phenoxy) is 1. The lowest BCUT2D eigenvalue weighted by molar-refractivity contribution is 0.0732. The highest BCUT2D eigenvalue weighted by molar-refractivity contribution is 14.0. The van der Waals surface area contributed by atoms with Crippen LogP contribution in [0.3, 0.4) is 0 Å². The fourth-order valence-electron chi connectivity index (χ4n) is 3.05. The highest BCUT2D eigenvalue weighted by atomic mass is 127. The Labute approximate surface area is 160 Å². The van der Waals surface area contributed by atoms with Crippen molar-refractivity contribution in [3.05, 3.63) is 0 Å². The summed E-state index contributed by atoms with van der Waals surface area (Å²) in [5.74, 6) is 0.934. The maximum atomic E-state index is 5.25. The Kier molecular flexibility index (Phi) is 13.2. The smallest absolute Gasteiger partial charge is 0.190 e. The Hall–Kier alpha value is -0.0800. The zero-order valence-electron chi connectivity index (χ0n) is 15.5. The van der Waals surface area contributed by atoms with E-state index in [1.807, 2.05) is 7.05 Å². The molecule has 0 aromatic carbocycles. The largest absolute Gasteiger partial charge is 0.385 e.